The number of rotatable bonds is 7. The summed E-state index contributed by atoms with van der Waals surface area (Å²) in [4.78, 5) is 23.1. The van der Waals surface area contributed by atoms with Crippen molar-refractivity contribution in [2.45, 2.75) is 46.0 Å². The molecule has 0 aromatic heterocycles. The van der Waals surface area contributed by atoms with E-state index in [1.807, 2.05) is 55.5 Å². The van der Waals surface area contributed by atoms with Crippen LogP contribution >= 0.6 is 0 Å². The fourth-order valence-electron chi connectivity index (χ4n) is 3.35. The molecule has 2 aromatic rings. The minimum atomic E-state index is -0.120. The summed E-state index contributed by atoms with van der Waals surface area (Å²) in [6.45, 7) is 4.69. The fraction of sp³-hybridized carbons (Fsp3) is 0.435. The lowest BCUT2D eigenvalue weighted by molar-refractivity contribution is -0.218. The molecule has 0 bridgehead atoms. The van der Waals surface area contributed by atoms with Gasteiger partial charge in [0.05, 0.1) is 12.5 Å². The zero-order chi connectivity index (χ0) is 19.1. The summed E-state index contributed by atoms with van der Waals surface area (Å²) in [6.07, 6.45) is 4.59. The van der Waals surface area contributed by atoms with Crippen LogP contribution in [0.3, 0.4) is 0 Å². The third-order valence-corrected chi connectivity index (χ3v) is 5.21. The first-order chi connectivity index (χ1) is 13.1. The summed E-state index contributed by atoms with van der Waals surface area (Å²) >= 11 is 0. The summed E-state index contributed by atoms with van der Waals surface area (Å²) < 4.78 is 5.51. The third-order valence-electron chi connectivity index (χ3n) is 5.21. The Labute approximate surface area is 161 Å². The van der Waals surface area contributed by atoms with E-state index in [1.165, 1.54) is 5.56 Å². The van der Waals surface area contributed by atoms with Gasteiger partial charge < -0.3 is 9.62 Å². The molecule has 4 nitrogen and oxygen atoms in total. The van der Waals surface area contributed by atoms with E-state index in [2.05, 4.69) is 6.92 Å². The van der Waals surface area contributed by atoms with E-state index in [4.69, 9.17) is 14.5 Å². The van der Waals surface area contributed by atoms with Gasteiger partial charge >= 0.3 is 5.97 Å². The molecule has 4 heteroatoms. The van der Waals surface area contributed by atoms with Crippen molar-refractivity contribution < 1.29 is 19.3 Å². The molecule has 1 saturated carbocycles. The van der Waals surface area contributed by atoms with Crippen LogP contribution in [0.15, 0.2) is 48.5 Å². The van der Waals surface area contributed by atoms with E-state index >= 15 is 0 Å². The molecule has 0 amide bonds. The van der Waals surface area contributed by atoms with Gasteiger partial charge in [-0.3, -0.25) is 4.79 Å². The van der Waals surface area contributed by atoms with E-state index < -0.39 is 0 Å². The predicted molar refractivity (Wildman–Crippen MR) is 105 cm³/mol. The van der Waals surface area contributed by atoms with E-state index in [9.17, 15) is 4.79 Å². The van der Waals surface area contributed by atoms with Gasteiger partial charge in [0.15, 0.2) is 5.75 Å². The van der Waals surface area contributed by atoms with Crippen molar-refractivity contribution in [1.29, 1.82) is 0 Å². The molecule has 0 saturated heterocycles. The van der Waals surface area contributed by atoms with Gasteiger partial charge in [-0.25, -0.2) is 0 Å². The standard InChI is InChI=1S/C23H28O4/c1-3-18-8-14-22(15-9-18)27-25-16-19-6-10-20(11-7-19)23(24)26-21-12-4-17(2)5-13-21/h4-5,8-9,12-15,19-20H,3,6-7,10-11,16H2,1-2H3. The van der Waals surface area contributed by atoms with Crippen LogP contribution in [0.1, 0.15) is 43.7 Å². The average Bonchev–Trinajstić information content (AvgIpc) is 2.71. The van der Waals surface area contributed by atoms with Crippen LogP contribution in [0.4, 0.5) is 0 Å². The number of aryl methyl sites for hydroxylation is 2. The maximum atomic E-state index is 12.3. The van der Waals surface area contributed by atoms with E-state index in [-0.39, 0.29) is 11.9 Å². The minimum absolute atomic E-state index is 0.0231. The molecule has 1 aliphatic rings. The van der Waals surface area contributed by atoms with E-state index in [0.717, 1.165) is 43.4 Å². The van der Waals surface area contributed by atoms with Gasteiger partial charge in [-0.1, -0.05) is 36.8 Å². The van der Waals surface area contributed by atoms with Crippen molar-refractivity contribution in [3.05, 3.63) is 59.7 Å². The Morgan fingerprint density at radius 3 is 2.19 bits per heavy atom. The normalized spacial score (nSPS) is 19.5. The van der Waals surface area contributed by atoms with E-state index in [1.54, 1.807) is 0 Å². The van der Waals surface area contributed by atoms with Gasteiger partial charge in [0, 0.05) is 0 Å². The van der Waals surface area contributed by atoms with Gasteiger partial charge in [-0.15, -0.1) is 0 Å². The van der Waals surface area contributed by atoms with Crippen molar-refractivity contribution in [1.82, 2.24) is 0 Å². The highest BCUT2D eigenvalue weighted by Gasteiger charge is 2.28. The number of hydrogen-bond acceptors (Lipinski definition) is 4. The highest BCUT2D eigenvalue weighted by Crippen LogP contribution is 2.30. The second-order valence-electron chi connectivity index (χ2n) is 7.32. The number of benzene rings is 2. The molecule has 0 heterocycles. The zero-order valence-corrected chi connectivity index (χ0v) is 16.1. The van der Waals surface area contributed by atoms with E-state index in [0.29, 0.717) is 18.3 Å². The van der Waals surface area contributed by atoms with Crippen LogP contribution < -0.4 is 9.62 Å². The summed E-state index contributed by atoms with van der Waals surface area (Å²) in [5.41, 5.74) is 2.43. The third kappa shape index (κ3) is 5.83. The molecule has 0 unspecified atom stereocenters. The summed E-state index contributed by atoms with van der Waals surface area (Å²) in [5.74, 6) is 1.62. The number of carbonyl (C=O) groups is 1. The first kappa shape index (κ1) is 19.4. The molecule has 144 valence electrons. The van der Waals surface area contributed by atoms with Crippen molar-refractivity contribution >= 4 is 5.97 Å². The lowest BCUT2D eigenvalue weighted by atomic mass is 9.82. The van der Waals surface area contributed by atoms with Gasteiger partial charge in [0.25, 0.3) is 0 Å². The molecule has 0 radical (unpaired) electrons. The lowest BCUT2D eigenvalue weighted by Crippen LogP contribution is -2.27. The molecule has 27 heavy (non-hydrogen) atoms. The maximum Gasteiger partial charge on any atom is 0.314 e. The Morgan fingerprint density at radius 2 is 1.56 bits per heavy atom. The number of carbonyl (C=O) groups excluding carboxylic acids is 1. The Kier molecular flexibility index (Phi) is 6.88. The van der Waals surface area contributed by atoms with Gasteiger partial charge in [-0.2, -0.15) is 4.89 Å². The van der Waals surface area contributed by atoms with Crippen LogP contribution in [-0.4, -0.2) is 12.6 Å². The fourth-order valence-corrected chi connectivity index (χ4v) is 3.35. The van der Waals surface area contributed by atoms with Crippen LogP contribution in [-0.2, 0) is 16.1 Å². The Bertz CT molecular complexity index is 713. The smallest absolute Gasteiger partial charge is 0.314 e. The zero-order valence-electron chi connectivity index (χ0n) is 16.1. The van der Waals surface area contributed by atoms with Crippen molar-refractivity contribution in [2.24, 2.45) is 11.8 Å². The van der Waals surface area contributed by atoms with Crippen molar-refractivity contribution in [3.63, 3.8) is 0 Å². The van der Waals surface area contributed by atoms with Crippen LogP contribution in [0.2, 0.25) is 0 Å². The summed E-state index contributed by atoms with van der Waals surface area (Å²) in [5, 5.41) is 0. The maximum absolute atomic E-state index is 12.3. The first-order valence-corrected chi connectivity index (χ1v) is 9.81. The number of hydrogen-bond donors (Lipinski definition) is 0. The Balaban J connectivity index is 1.36. The highest BCUT2D eigenvalue weighted by atomic mass is 17.2. The van der Waals surface area contributed by atoms with Crippen molar-refractivity contribution in [2.75, 3.05) is 6.61 Å². The average molecular weight is 368 g/mol. The topological polar surface area (TPSA) is 44.8 Å². The molecule has 0 spiro atoms. The molecule has 0 N–H and O–H groups in total. The Hall–Kier alpha value is -2.33. The first-order valence-electron chi connectivity index (χ1n) is 9.81. The quantitative estimate of drug-likeness (QED) is 0.289. The summed E-state index contributed by atoms with van der Waals surface area (Å²) in [6, 6.07) is 15.5. The second kappa shape index (κ2) is 9.56. The molecule has 0 atom stereocenters. The summed E-state index contributed by atoms with van der Waals surface area (Å²) in [7, 11) is 0. The van der Waals surface area contributed by atoms with Gasteiger partial charge in [-0.05, 0) is 74.8 Å². The van der Waals surface area contributed by atoms with Gasteiger partial charge in [0.2, 0.25) is 0 Å². The molecule has 0 aliphatic heterocycles. The number of esters is 1. The molecule has 1 aliphatic carbocycles. The highest BCUT2D eigenvalue weighted by molar-refractivity contribution is 5.75. The molecule has 2 aromatic carbocycles. The van der Waals surface area contributed by atoms with Gasteiger partial charge in [0.1, 0.15) is 5.75 Å². The molecule has 3 rings (SSSR count). The lowest BCUT2D eigenvalue weighted by Gasteiger charge is -2.26. The Morgan fingerprint density at radius 1 is 0.926 bits per heavy atom. The second-order valence-corrected chi connectivity index (χ2v) is 7.32. The molecular formula is C23H28O4. The molecular weight excluding hydrogens is 340 g/mol. The van der Waals surface area contributed by atoms with Crippen molar-refractivity contribution in [3.8, 4) is 11.5 Å². The minimum Gasteiger partial charge on any atom is -0.426 e. The SMILES string of the molecule is CCc1ccc(OOCC2CCC(C(=O)Oc3ccc(C)cc3)CC2)cc1. The predicted octanol–water partition coefficient (Wildman–Crippen LogP) is 5.28. The largest absolute Gasteiger partial charge is 0.426 e. The van der Waals surface area contributed by atoms with Crippen LogP contribution in [0.25, 0.3) is 0 Å². The van der Waals surface area contributed by atoms with Crippen LogP contribution in [0, 0.1) is 18.8 Å². The molecule has 1 fully saturated rings. The van der Waals surface area contributed by atoms with Crippen LogP contribution in [0.5, 0.6) is 11.5 Å². The monoisotopic (exact) mass is 368 g/mol. The number of ether oxygens (including phenoxy) is 1.